The summed E-state index contributed by atoms with van der Waals surface area (Å²) in [6.07, 6.45) is 2.53. The number of likely N-dealkylation sites (tertiary alicyclic amines) is 1. The number of carboxylic acids is 1. The van der Waals surface area contributed by atoms with Gasteiger partial charge in [-0.25, -0.2) is 4.79 Å². The van der Waals surface area contributed by atoms with Gasteiger partial charge in [0.05, 0.1) is 6.54 Å². The summed E-state index contributed by atoms with van der Waals surface area (Å²) in [5.74, 6) is -1.16. The van der Waals surface area contributed by atoms with Gasteiger partial charge in [0.25, 0.3) is 0 Å². The van der Waals surface area contributed by atoms with Crippen LogP contribution in [0, 0.1) is 0 Å². The molecule has 1 aliphatic rings. The number of benzene rings is 2. The van der Waals surface area contributed by atoms with Crippen LogP contribution < -0.4 is 10.6 Å². The lowest BCUT2D eigenvalue weighted by atomic mass is 10.0. The van der Waals surface area contributed by atoms with Crippen LogP contribution in [0.4, 0.5) is 11.4 Å². The topological polar surface area (TPSA) is 98.7 Å². The van der Waals surface area contributed by atoms with Crippen molar-refractivity contribution in [2.75, 3.05) is 23.7 Å². The second kappa shape index (κ2) is 9.50. The van der Waals surface area contributed by atoms with E-state index in [-0.39, 0.29) is 24.4 Å². The molecule has 1 fully saturated rings. The maximum Gasteiger partial charge on any atom is 0.346 e. The molecule has 0 spiro atoms. The lowest BCUT2D eigenvalue weighted by Gasteiger charge is -2.24. The van der Waals surface area contributed by atoms with Gasteiger partial charge in [-0.15, -0.1) is 11.3 Å². The molecule has 1 aromatic heterocycles. The molecular weight excluding hydrogens is 426 g/mol. The quantitative estimate of drug-likeness (QED) is 0.500. The highest BCUT2D eigenvalue weighted by Crippen LogP contribution is 2.34. The van der Waals surface area contributed by atoms with Gasteiger partial charge in [-0.3, -0.25) is 14.5 Å². The second-order valence-corrected chi connectivity index (χ2v) is 9.04. The number of nitrogens with zero attached hydrogens (tertiary/aromatic N) is 1. The monoisotopic (exact) mass is 451 g/mol. The Bertz CT molecular complexity index is 1160. The minimum atomic E-state index is -0.897. The Morgan fingerprint density at radius 2 is 1.75 bits per heavy atom. The number of amides is 2. The van der Waals surface area contributed by atoms with Crippen molar-refractivity contribution in [3.8, 4) is 0 Å². The van der Waals surface area contributed by atoms with E-state index in [1.807, 2.05) is 24.3 Å². The molecule has 2 heterocycles. The summed E-state index contributed by atoms with van der Waals surface area (Å²) < 4.78 is 0.977. The second-order valence-electron chi connectivity index (χ2n) is 7.99. The van der Waals surface area contributed by atoms with Crippen molar-refractivity contribution in [1.29, 1.82) is 0 Å². The highest BCUT2D eigenvalue weighted by atomic mass is 32.1. The van der Waals surface area contributed by atoms with Crippen molar-refractivity contribution in [3.63, 3.8) is 0 Å². The Morgan fingerprint density at radius 3 is 2.44 bits per heavy atom. The summed E-state index contributed by atoms with van der Waals surface area (Å²) in [5, 5.41) is 16.3. The van der Waals surface area contributed by atoms with E-state index in [0.29, 0.717) is 22.7 Å². The number of carbonyl (C=O) groups is 3. The van der Waals surface area contributed by atoms with Gasteiger partial charge in [0.2, 0.25) is 11.8 Å². The predicted molar refractivity (Wildman–Crippen MR) is 126 cm³/mol. The van der Waals surface area contributed by atoms with E-state index in [1.165, 1.54) is 18.3 Å². The van der Waals surface area contributed by atoms with Gasteiger partial charge in [-0.05, 0) is 67.1 Å². The fourth-order valence-corrected chi connectivity index (χ4v) is 5.34. The minimum Gasteiger partial charge on any atom is -0.477 e. The number of aromatic carboxylic acids is 1. The molecule has 8 heteroatoms. The molecule has 1 unspecified atom stereocenters. The first-order valence-corrected chi connectivity index (χ1v) is 11.4. The number of thiophene rings is 1. The summed E-state index contributed by atoms with van der Waals surface area (Å²) in [6, 6.07) is 14.9. The summed E-state index contributed by atoms with van der Waals surface area (Å²) in [4.78, 5) is 38.1. The van der Waals surface area contributed by atoms with Gasteiger partial charge in [0.1, 0.15) is 4.88 Å². The molecule has 3 N–H and O–H groups in total. The van der Waals surface area contributed by atoms with Crippen LogP contribution in [-0.2, 0) is 16.0 Å². The predicted octanol–water partition coefficient (Wildman–Crippen LogP) is 4.20. The molecule has 166 valence electrons. The van der Waals surface area contributed by atoms with Gasteiger partial charge in [0, 0.05) is 29.0 Å². The molecule has 4 rings (SSSR count). The maximum atomic E-state index is 12.7. The Balaban J connectivity index is 1.43. The third-order valence-corrected chi connectivity index (χ3v) is 6.87. The van der Waals surface area contributed by atoms with E-state index < -0.39 is 5.97 Å². The third kappa shape index (κ3) is 4.98. The van der Waals surface area contributed by atoms with Gasteiger partial charge >= 0.3 is 5.97 Å². The summed E-state index contributed by atoms with van der Waals surface area (Å²) in [6.45, 7) is 2.51. The number of fused-ring (bicyclic) bond motifs is 1. The smallest absolute Gasteiger partial charge is 0.346 e. The third-order valence-electron chi connectivity index (χ3n) is 5.67. The zero-order valence-electron chi connectivity index (χ0n) is 17.8. The van der Waals surface area contributed by atoms with Gasteiger partial charge in [0.15, 0.2) is 0 Å². The first-order valence-electron chi connectivity index (χ1n) is 10.6. The fourth-order valence-electron chi connectivity index (χ4n) is 4.27. The van der Waals surface area contributed by atoms with Gasteiger partial charge < -0.3 is 15.7 Å². The standard InChI is InChI=1S/C24H25N3O4S/c1-15(28)25-16-8-10-17(11-9-16)26-22(29)14-27-12-4-5-18(27)13-20-19-6-2-3-7-21(19)32-23(20)24(30)31/h2-3,6-11,18H,4-5,12-14H2,1H3,(H,25,28)(H,26,29)(H,30,31). The molecule has 0 bridgehead atoms. The lowest BCUT2D eigenvalue weighted by molar-refractivity contribution is -0.117. The lowest BCUT2D eigenvalue weighted by Crippen LogP contribution is -2.38. The zero-order valence-corrected chi connectivity index (χ0v) is 18.6. The average Bonchev–Trinajstić information content (AvgIpc) is 3.34. The Kier molecular flexibility index (Phi) is 6.53. The molecule has 1 aliphatic heterocycles. The molecule has 0 radical (unpaired) electrons. The SMILES string of the molecule is CC(=O)Nc1ccc(NC(=O)CN2CCCC2Cc2c(C(=O)O)sc3ccccc23)cc1. The van der Waals surface area contributed by atoms with Crippen LogP contribution in [0.3, 0.4) is 0 Å². The number of carbonyl (C=O) groups excluding carboxylic acids is 2. The molecule has 3 aromatic rings. The molecule has 2 amide bonds. The van der Waals surface area contributed by atoms with Crippen LogP contribution in [0.15, 0.2) is 48.5 Å². The van der Waals surface area contributed by atoms with E-state index in [2.05, 4.69) is 15.5 Å². The van der Waals surface area contributed by atoms with Crippen LogP contribution in [0.25, 0.3) is 10.1 Å². The van der Waals surface area contributed by atoms with Crippen molar-refractivity contribution in [3.05, 3.63) is 59.0 Å². The van der Waals surface area contributed by atoms with Crippen molar-refractivity contribution in [2.45, 2.75) is 32.2 Å². The Morgan fingerprint density at radius 1 is 1.06 bits per heavy atom. The van der Waals surface area contributed by atoms with Crippen LogP contribution in [0.1, 0.15) is 35.0 Å². The van der Waals surface area contributed by atoms with E-state index in [4.69, 9.17) is 0 Å². The molecular formula is C24H25N3O4S. The van der Waals surface area contributed by atoms with Crippen LogP contribution in [-0.4, -0.2) is 46.9 Å². The molecule has 7 nitrogen and oxygen atoms in total. The van der Waals surface area contributed by atoms with Crippen molar-refractivity contribution < 1.29 is 19.5 Å². The molecule has 32 heavy (non-hydrogen) atoms. The number of rotatable bonds is 7. The summed E-state index contributed by atoms with van der Waals surface area (Å²) >= 11 is 1.31. The van der Waals surface area contributed by atoms with Gasteiger partial charge in [-0.2, -0.15) is 0 Å². The van der Waals surface area contributed by atoms with Crippen molar-refractivity contribution >= 4 is 50.6 Å². The molecule has 1 atom stereocenters. The highest BCUT2D eigenvalue weighted by molar-refractivity contribution is 7.21. The molecule has 0 saturated carbocycles. The summed E-state index contributed by atoms with van der Waals surface area (Å²) in [7, 11) is 0. The largest absolute Gasteiger partial charge is 0.477 e. The number of hydrogen-bond acceptors (Lipinski definition) is 5. The Hall–Kier alpha value is -3.23. The number of hydrogen-bond donors (Lipinski definition) is 3. The van der Waals surface area contributed by atoms with E-state index in [1.54, 1.807) is 24.3 Å². The highest BCUT2D eigenvalue weighted by Gasteiger charge is 2.29. The van der Waals surface area contributed by atoms with E-state index in [0.717, 1.165) is 35.0 Å². The van der Waals surface area contributed by atoms with Crippen LogP contribution >= 0.6 is 11.3 Å². The van der Waals surface area contributed by atoms with Crippen molar-refractivity contribution in [2.24, 2.45) is 0 Å². The Labute approximate surface area is 190 Å². The number of nitrogens with one attached hydrogen (secondary N) is 2. The average molecular weight is 452 g/mol. The number of carboxylic acid groups (broad SMARTS) is 1. The van der Waals surface area contributed by atoms with Gasteiger partial charge in [-0.1, -0.05) is 18.2 Å². The first kappa shape index (κ1) is 22.0. The van der Waals surface area contributed by atoms with Crippen LogP contribution in [0.5, 0.6) is 0 Å². The van der Waals surface area contributed by atoms with Crippen molar-refractivity contribution in [1.82, 2.24) is 4.90 Å². The van der Waals surface area contributed by atoms with E-state index >= 15 is 0 Å². The summed E-state index contributed by atoms with van der Waals surface area (Å²) in [5.41, 5.74) is 2.20. The van der Waals surface area contributed by atoms with Crippen LogP contribution in [0.2, 0.25) is 0 Å². The van der Waals surface area contributed by atoms with E-state index in [9.17, 15) is 19.5 Å². The molecule has 0 aliphatic carbocycles. The molecule has 2 aromatic carbocycles. The zero-order chi connectivity index (χ0) is 22.7. The maximum absolute atomic E-state index is 12.7. The normalized spacial score (nSPS) is 16.2. The number of anilines is 2. The first-order chi connectivity index (χ1) is 15.4. The molecule has 1 saturated heterocycles. The minimum absolute atomic E-state index is 0.113. The fraction of sp³-hybridized carbons (Fsp3) is 0.292.